The van der Waals surface area contributed by atoms with Gasteiger partial charge < -0.3 is 19.4 Å². The van der Waals surface area contributed by atoms with Crippen LogP contribution in [0.25, 0.3) is 44.5 Å². The molecule has 0 atom stereocenters. The van der Waals surface area contributed by atoms with Crippen molar-refractivity contribution in [2.24, 2.45) is 5.41 Å². The summed E-state index contributed by atoms with van der Waals surface area (Å²) < 4.78 is 6.10. The van der Waals surface area contributed by atoms with Gasteiger partial charge in [-0.3, -0.25) is 0 Å². The zero-order valence-corrected chi connectivity index (χ0v) is 32.7. The molecule has 47 heavy (non-hydrogen) atoms. The Bertz CT molecular complexity index is 1930. The van der Waals surface area contributed by atoms with Crippen LogP contribution in [0.4, 0.5) is 0 Å². The normalized spacial score (nSPS) is 12.0. The first-order valence-corrected chi connectivity index (χ1v) is 19.9. The first-order valence-electron chi connectivity index (χ1n) is 16.4. The fourth-order valence-corrected chi connectivity index (χ4v) is 7.53. The molecule has 0 saturated heterocycles. The maximum Gasteiger partial charge on any atom is 0.121 e. The van der Waals surface area contributed by atoms with Crippen LogP contribution in [0.1, 0.15) is 65.5 Å². The van der Waals surface area contributed by atoms with Crippen molar-refractivity contribution in [1.82, 2.24) is 15.0 Å². The second-order valence-corrected chi connectivity index (χ2v) is 19.8. The van der Waals surface area contributed by atoms with Crippen LogP contribution in [0.15, 0.2) is 89.7 Å². The monoisotopic (exact) mass is 818 g/mol. The number of furan rings is 1. The van der Waals surface area contributed by atoms with Crippen molar-refractivity contribution in [2.75, 3.05) is 0 Å². The molecule has 0 aliphatic carbocycles. The molecule has 1 radical (unpaired) electrons. The van der Waals surface area contributed by atoms with Crippen LogP contribution in [0.5, 0.6) is 0 Å². The Balaban J connectivity index is 0.000000212. The average Bonchev–Trinajstić information content (AvgIpc) is 3.43. The maximum absolute atomic E-state index is 6.10. The van der Waals surface area contributed by atoms with Crippen LogP contribution in [0.2, 0.25) is 19.6 Å². The molecule has 4 aromatic heterocycles. The number of rotatable bonds is 7. The smallest absolute Gasteiger partial charge is 0.121 e. The molecule has 6 heteroatoms. The van der Waals surface area contributed by atoms with E-state index in [0.717, 1.165) is 63.7 Å². The fraction of sp³-hybridized carbons (Fsp3) is 0.341. The van der Waals surface area contributed by atoms with E-state index < -0.39 is 8.07 Å². The topological polar surface area (TPSA) is 51.8 Å². The van der Waals surface area contributed by atoms with E-state index in [0.29, 0.717) is 0 Å². The van der Waals surface area contributed by atoms with Gasteiger partial charge in [-0.25, -0.2) is 0 Å². The summed E-state index contributed by atoms with van der Waals surface area (Å²) in [6, 6.07) is 25.9. The molecule has 0 N–H and O–H groups in total. The summed E-state index contributed by atoms with van der Waals surface area (Å²) in [4.78, 5) is 13.6. The van der Waals surface area contributed by atoms with Crippen LogP contribution in [-0.4, -0.2) is 23.0 Å². The molecule has 0 aliphatic heterocycles. The summed E-state index contributed by atoms with van der Waals surface area (Å²) in [7, 11) is -1.37. The molecule has 2 aromatic carbocycles. The third kappa shape index (κ3) is 8.35. The number of fused-ring (bicyclic) bond motifs is 3. The summed E-state index contributed by atoms with van der Waals surface area (Å²) in [5.41, 5.74) is 8.66. The summed E-state index contributed by atoms with van der Waals surface area (Å²) in [5.74, 6) is 0. The quantitative estimate of drug-likeness (QED) is 0.119. The molecule has 0 saturated carbocycles. The number of aromatic nitrogens is 3. The minimum atomic E-state index is -1.37. The molecule has 6 aromatic rings. The van der Waals surface area contributed by atoms with Crippen LogP contribution >= 0.6 is 0 Å². The van der Waals surface area contributed by atoms with E-state index in [-0.39, 0.29) is 30.9 Å². The van der Waals surface area contributed by atoms with Crippen molar-refractivity contribution >= 4 is 35.2 Å². The summed E-state index contributed by atoms with van der Waals surface area (Å²) in [6.07, 6.45) is 12.2. The summed E-state index contributed by atoms with van der Waals surface area (Å²) in [6.45, 7) is 20.9. The first kappa shape index (κ1) is 36.4. The summed E-state index contributed by atoms with van der Waals surface area (Å²) >= 11 is 0. The minimum absolute atomic E-state index is 0. The van der Waals surface area contributed by atoms with E-state index in [1.165, 1.54) is 16.3 Å². The van der Waals surface area contributed by atoms with E-state index in [4.69, 9.17) is 9.40 Å². The van der Waals surface area contributed by atoms with Crippen molar-refractivity contribution in [3.05, 3.63) is 109 Å². The predicted octanol–water partition coefficient (Wildman–Crippen LogP) is 10.6. The van der Waals surface area contributed by atoms with Gasteiger partial charge in [-0.15, -0.1) is 35.9 Å². The third-order valence-electron chi connectivity index (χ3n) is 9.01. The molecule has 0 fully saturated rings. The maximum atomic E-state index is 6.10. The molecular formula is C41H47IrN3OSi-2. The SMILES string of the molecule is CC(C)(C)Cc1cc(-c2[c-]cccc2)ncc1[Si](C)(C)C.CCC(C)(CC)c1ccnc(-c2[c-]ncc3c2oc2ccccc23)c1.[Ir]. The molecule has 6 rings (SSSR count). The Labute approximate surface area is 295 Å². The minimum Gasteiger partial charge on any atom is -0.500 e. The predicted molar refractivity (Wildman–Crippen MR) is 196 cm³/mol. The van der Waals surface area contributed by atoms with Crippen molar-refractivity contribution in [3.8, 4) is 22.5 Å². The van der Waals surface area contributed by atoms with Crippen molar-refractivity contribution in [1.29, 1.82) is 0 Å². The Morgan fingerprint density at radius 1 is 0.809 bits per heavy atom. The van der Waals surface area contributed by atoms with Crippen LogP contribution in [-0.2, 0) is 31.9 Å². The van der Waals surface area contributed by atoms with Gasteiger partial charge in [-0.2, -0.15) is 0 Å². The zero-order chi connectivity index (χ0) is 33.1. The average molecular weight is 818 g/mol. The number of para-hydroxylation sites is 1. The molecule has 0 aliphatic rings. The number of hydrogen-bond donors (Lipinski definition) is 0. The van der Waals surface area contributed by atoms with Crippen LogP contribution in [0.3, 0.4) is 0 Å². The van der Waals surface area contributed by atoms with Crippen LogP contribution < -0.4 is 5.19 Å². The zero-order valence-electron chi connectivity index (χ0n) is 29.3. The van der Waals surface area contributed by atoms with Crippen molar-refractivity contribution in [3.63, 3.8) is 0 Å². The second-order valence-electron chi connectivity index (χ2n) is 14.8. The molecule has 247 valence electrons. The first-order chi connectivity index (χ1) is 21.8. The Hall–Kier alpha value is -3.44. The fourth-order valence-electron chi connectivity index (χ4n) is 5.96. The summed E-state index contributed by atoms with van der Waals surface area (Å²) in [5, 5.41) is 3.56. The van der Waals surface area contributed by atoms with E-state index in [9.17, 15) is 0 Å². The standard InChI is InChI=1S/C22H21N2O.C19H26NSi.Ir/c1-4-22(3,5-2)15-10-11-24-19(12-15)18-14-23-13-17-16-8-6-7-9-20(16)25-21(17)18;1-19(2,3)13-16-12-17(15-10-8-7-9-11-15)20-14-18(16)21(4,5)6;/h6-13H,4-5H2,1-3H3;7-10,12,14H,13H2,1-6H3;/q2*-1;. The Morgan fingerprint density at radius 2 is 1.53 bits per heavy atom. The molecule has 0 spiro atoms. The van der Waals surface area contributed by atoms with Gasteiger partial charge in [0.05, 0.1) is 13.7 Å². The van der Waals surface area contributed by atoms with E-state index >= 15 is 0 Å². The second kappa shape index (κ2) is 14.8. The molecule has 0 amide bonds. The molecule has 0 unspecified atom stereocenters. The largest absolute Gasteiger partial charge is 0.500 e. The van der Waals surface area contributed by atoms with E-state index in [1.54, 1.807) is 0 Å². The molecule has 4 heterocycles. The van der Waals surface area contributed by atoms with E-state index in [1.807, 2.05) is 48.8 Å². The van der Waals surface area contributed by atoms with Gasteiger partial charge in [0.25, 0.3) is 0 Å². The van der Waals surface area contributed by atoms with Gasteiger partial charge in [-0.05, 0) is 82.1 Å². The van der Waals surface area contributed by atoms with Gasteiger partial charge >= 0.3 is 0 Å². The number of pyridine rings is 3. The number of nitrogens with zero attached hydrogens (tertiary/aromatic N) is 3. The van der Waals surface area contributed by atoms with Crippen molar-refractivity contribution < 1.29 is 24.5 Å². The Kier molecular flexibility index (Phi) is 11.4. The van der Waals surface area contributed by atoms with Gasteiger partial charge in [0, 0.05) is 37.9 Å². The van der Waals surface area contributed by atoms with Crippen LogP contribution in [0, 0.1) is 17.7 Å². The van der Waals surface area contributed by atoms with E-state index in [2.05, 4.69) is 120 Å². The Morgan fingerprint density at radius 3 is 2.19 bits per heavy atom. The van der Waals surface area contributed by atoms with Gasteiger partial charge in [-0.1, -0.05) is 103 Å². The molecular weight excluding hydrogens is 771 g/mol. The number of hydrogen-bond acceptors (Lipinski definition) is 4. The number of benzene rings is 2. The van der Waals surface area contributed by atoms with Gasteiger partial charge in [0.15, 0.2) is 0 Å². The third-order valence-corrected chi connectivity index (χ3v) is 11.1. The molecule has 0 bridgehead atoms. The molecule has 4 nitrogen and oxygen atoms in total. The van der Waals surface area contributed by atoms with Gasteiger partial charge in [0.1, 0.15) is 5.58 Å². The van der Waals surface area contributed by atoms with Gasteiger partial charge in [0.2, 0.25) is 0 Å². The van der Waals surface area contributed by atoms with Crippen molar-refractivity contribution in [2.45, 2.75) is 85.9 Å².